The van der Waals surface area contributed by atoms with E-state index in [-0.39, 0.29) is 5.69 Å². The number of furan rings is 1. The van der Waals surface area contributed by atoms with Crippen molar-refractivity contribution in [2.75, 3.05) is 10.6 Å². The number of hydrogen-bond donors (Lipinski definition) is 2. The van der Waals surface area contributed by atoms with E-state index in [9.17, 15) is 18.0 Å². The molecule has 5 nitrogen and oxygen atoms in total. The van der Waals surface area contributed by atoms with Gasteiger partial charge in [-0.15, -0.1) is 0 Å². The number of benzene rings is 1. The molecule has 0 aliphatic heterocycles. The van der Waals surface area contributed by atoms with Crippen LogP contribution in [-0.4, -0.2) is 10.9 Å². The Labute approximate surface area is 140 Å². The average molecular weight is 347 g/mol. The third kappa shape index (κ3) is 3.79. The van der Waals surface area contributed by atoms with E-state index in [4.69, 9.17) is 4.42 Å². The number of carbonyl (C=O) groups is 1. The smallest absolute Gasteiger partial charge is 0.274 e. The molecule has 3 rings (SSSR count). The highest BCUT2D eigenvalue weighted by molar-refractivity contribution is 6.03. The lowest BCUT2D eigenvalue weighted by Gasteiger charge is -2.08. The predicted molar refractivity (Wildman–Crippen MR) is 84.5 cm³/mol. The summed E-state index contributed by atoms with van der Waals surface area (Å²) in [4.78, 5) is 16.0. The van der Waals surface area contributed by atoms with Gasteiger partial charge in [0.15, 0.2) is 17.5 Å². The summed E-state index contributed by atoms with van der Waals surface area (Å²) in [5.74, 6) is -4.47. The third-order valence-corrected chi connectivity index (χ3v) is 3.33. The molecule has 0 saturated carbocycles. The van der Waals surface area contributed by atoms with Crippen LogP contribution in [-0.2, 0) is 6.54 Å². The van der Waals surface area contributed by atoms with Crippen LogP contribution in [0.5, 0.6) is 0 Å². The molecule has 0 aliphatic rings. The second-order valence-corrected chi connectivity index (χ2v) is 5.04. The number of anilines is 2. The molecule has 0 spiro atoms. The van der Waals surface area contributed by atoms with Gasteiger partial charge in [0.05, 0.1) is 30.4 Å². The predicted octanol–water partition coefficient (Wildman–Crippen LogP) is 3.96. The van der Waals surface area contributed by atoms with Crippen LogP contribution in [0.1, 0.15) is 16.2 Å². The summed E-state index contributed by atoms with van der Waals surface area (Å²) in [5.41, 5.74) is 0.172. The SMILES string of the molecule is O=C(Nc1ccc(F)c(F)c1F)c1ccc(NCc2ccco2)cn1. The monoisotopic (exact) mass is 347 g/mol. The fourth-order valence-corrected chi connectivity index (χ4v) is 2.04. The molecule has 2 N–H and O–H groups in total. The summed E-state index contributed by atoms with van der Waals surface area (Å²) >= 11 is 0. The van der Waals surface area contributed by atoms with Gasteiger partial charge >= 0.3 is 0 Å². The molecule has 8 heteroatoms. The molecule has 0 bridgehead atoms. The maximum Gasteiger partial charge on any atom is 0.274 e. The van der Waals surface area contributed by atoms with Gasteiger partial charge in [0.1, 0.15) is 11.5 Å². The van der Waals surface area contributed by atoms with Crippen LogP contribution >= 0.6 is 0 Å². The first-order chi connectivity index (χ1) is 12.0. The number of amides is 1. The summed E-state index contributed by atoms with van der Waals surface area (Å²) in [6.07, 6.45) is 2.97. The Bertz CT molecular complexity index is 881. The standard InChI is InChI=1S/C17H12F3N3O2/c18-12-4-6-13(16(20)15(12)19)23-17(24)14-5-3-10(8-22-14)21-9-11-2-1-7-25-11/h1-8,21H,9H2,(H,23,24). The van der Waals surface area contributed by atoms with E-state index >= 15 is 0 Å². The summed E-state index contributed by atoms with van der Waals surface area (Å²) < 4.78 is 44.8. The van der Waals surface area contributed by atoms with Crippen molar-refractivity contribution in [2.45, 2.75) is 6.54 Å². The zero-order valence-corrected chi connectivity index (χ0v) is 12.7. The van der Waals surface area contributed by atoms with Crippen LogP contribution in [0.4, 0.5) is 24.5 Å². The van der Waals surface area contributed by atoms with Gasteiger partial charge in [0, 0.05) is 0 Å². The Balaban J connectivity index is 1.65. The largest absolute Gasteiger partial charge is 0.467 e. The van der Waals surface area contributed by atoms with Crippen molar-refractivity contribution in [1.29, 1.82) is 0 Å². The molecule has 2 heterocycles. The number of rotatable bonds is 5. The molecule has 3 aromatic rings. The minimum absolute atomic E-state index is 0.00678. The Morgan fingerprint density at radius 1 is 1.08 bits per heavy atom. The first-order valence-electron chi connectivity index (χ1n) is 7.22. The molecule has 0 fully saturated rings. The number of aromatic nitrogens is 1. The molecule has 25 heavy (non-hydrogen) atoms. The number of pyridine rings is 1. The van der Waals surface area contributed by atoms with E-state index in [1.165, 1.54) is 12.3 Å². The number of nitrogens with zero attached hydrogens (tertiary/aromatic N) is 1. The van der Waals surface area contributed by atoms with Gasteiger partial charge in [-0.1, -0.05) is 0 Å². The minimum Gasteiger partial charge on any atom is -0.467 e. The zero-order chi connectivity index (χ0) is 17.8. The van der Waals surface area contributed by atoms with Crippen molar-refractivity contribution in [3.63, 3.8) is 0 Å². The Hall–Kier alpha value is -3.29. The van der Waals surface area contributed by atoms with Crippen LogP contribution in [0, 0.1) is 17.5 Å². The van der Waals surface area contributed by atoms with Gasteiger partial charge in [-0.2, -0.15) is 0 Å². The molecule has 0 radical (unpaired) electrons. The van der Waals surface area contributed by atoms with Crippen LogP contribution in [0.2, 0.25) is 0 Å². The average Bonchev–Trinajstić information content (AvgIpc) is 3.14. The van der Waals surface area contributed by atoms with Gasteiger partial charge in [-0.3, -0.25) is 4.79 Å². The number of nitrogens with one attached hydrogen (secondary N) is 2. The van der Waals surface area contributed by atoms with Crippen molar-refractivity contribution in [2.24, 2.45) is 0 Å². The second-order valence-electron chi connectivity index (χ2n) is 5.04. The summed E-state index contributed by atoms with van der Waals surface area (Å²) in [6, 6.07) is 8.25. The van der Waals surface area contributed by atoms with E-state index in [0.717, 1.165) is 17.9 Å². The van der Waals surface area contributed by atoms with Crippen molar-refractivity contribution in [3.8, 4) is 0 Å². The van der Waals surface area contributed by atoms with Crippen molar-refractivity contribution < 1.29 is 22.4 Å². The van der Waals surface area contributed by atoms with E-state index in [0.29, 0.717) is 12.2 Å². The van der Waals surface area contributed by atoms with Crippen molar-refractivity contribution in [1.82, 2.24) is 4.98 Å². The number of halogens is 3. The fourth-order valence-electron chi connectivity index (χ4n) is 2.04. The second kappa shape index (κ2) is 7.08. The van der Waals surface area contributed by atoms with E-state index in [2.05, 4.69) is 15.6 Å². The van der Waals surface area contributed by atoms with Gasteiger partial charge in [0.2, 0.25) is 0 Å². The van der Waals surface area contributed by atoms with Gasteiger partial charge in [0.25, 0.3) is 5.91 Å². The molecule has 0 saturated heterocycles. The Morgan fingerprint density at radius 3 is 2.60 bits per heavy atom. The van der Waals surface area contributed by atoms with Crippen LogP contribution in [0.15, 0.2) is 53.3 Å². The molecule has 0 aliphatic carbocycles. The van der Waals surface area contributed by atoms with E-state index < -0.39 is 29.0 Å². The number of hydrogen-bond acceptors (Lipinski definition) is 4. The maximum atomic E-state index is 13.6. The Kier molecular flexibility index (Phi) is 4.69. The lowest BCUT2D eigenvalue weighted by molar-refractivity contribution is 0.102. The third-order valence-electron chi connectivity index (χ3n) is 3.33. The van der Waals surface area contributed by atoms with Crippen LogP contribution < -0.4 is 10.6 Å². The summed E-state index contributed by atoms with van der Waals surface area (Å²) in [6.45, 7) is 0.445. The quantitative estimate of drug-likeness (QED) is 0.686. The Morgan fingerprint density at radius 2 is 1.92 bits per heavy atom. The fraction of sp³-hybridized carbons (Fsp3) is 0.0588. The molecule has 0 unspecified atom stereocenters. The molecule has 128 valence electrons. The molecule has 2 aromatic heterocycles. The van der Waals surface area contributed by atoms with E-state index in [1.807, 2.05) is 0 Å². The lowest BCUT2D eigenvalue weighted by atomic mass is 10.2. The minimum atomic E-state index is -1.65. The normalized spacial score (nSPS) is 10.5. The van der Waals surface area contributed by atoms with Gasteiger partial charge < -0.3 is 15.1 Å². The topological polar surface area (TPSA) is 67.2 Å². The van der Waals surface area contributed by atoms with Crippen LogP contribution in [0.3, 0.4) is 0 Å². The highest BCUT2D eigenvalue weighted by Crippen LogP contribution is 2.20. The summed E-state index contributed by atoms with van der Waals surface area (Å²) in [5, 5.41) is 5.20. The van der Waals surface area contributed by atoms with Gasteiger partial charge in [-0.25, -0.2) is 18.2 Å². The highest BCUT2D eigenvalue weighted by Gasteiger charge is 2.16. The lowest BCUT2D eigenvalue weighted by Crippen LogP contribution is -2.15. The highest BCUT2D eigenvalue weighted by atomic mass is 19.2. The summed E-state index contributed by atoms with van der Waals surface area (Å²) in [7, 11) is 0. The molecule has 1 aromatic carbocycles. The maximum absolute atomic E-state index is 13.6. The zero-order valence-electron chi connectivity index (χ0n) is 12.7. The molecular formula is C17H12F3N3O2. The molecular weight excluding hydrogens is 335 g/mol. The van der Waals surface area contributed by atoms with Crippen molar-refractivity contribution in [3.05, 3.63) is 77.8 Å². The first-order valence-corrected chi connectivity index (χ1v) is 7.22. The van der Waals surface area contributed by atoms with E-state index in [1.54, 1.807) is 24.5 Å². The molecule has 1 amide bonds. The first kappa shape index (κ1) is 16.6. The van der Waals surface area contributed by atoms with Crippen molar-refractivity contribution >= 4 is 17.3 Å². The van der Waals surface area contributed by atoms with Gasteiger partial charge in [-0.05, 0) is 36.4 Å². The molecule has 0 atom stereocenters. The van der Waals surface area contributed by atoms with Crippen LogP contribution in [0.25, 0.3) is 0 Å². The number of carbonyl (C=O) groups excluding carboxylic acids is 1.